The summed E-state index contributed by atoms with van der Waals surface area (Å²) in [6.45, 7) is -0.816. The molecule has 3 aromatic rings. The van der Waals surface area contributed by atoms with Crippen molar-refractivity contribution >= 4 is 15.7 Å². The number of hydrogen-bond donors (Lipinski definition) is 3. The molecular formula is C20H17F2N3O5S. The Balaban J connectivity index is 2.04. The van der Waals surface area contributed by atoms with Gasteiger partial charge in [0.2, 0.25) is 0 Å². The van der Waals surface area contributed by atoms with Gasteiger partial charge in [-0.25, -0.2) is 22.2 Å². The van der Waals surface area contributed by atoms with Crippen LogP contribution in [-0.2, 0) is 23.0 Å². The van der Waals surface area contributed by atoms with Crippen LogP contribution in [0.5, 0.6) is 0 Å². The van der Waals surface area contributed by atoms with Gasteiger partial charge in [-0.05, 0) is 35.9 Å². The summed E-state index contributed by atoms with van der Waals surface area (Å²) in [5.41, 5.74) is -1.15. The molecule has 0 aliphatic carbocycles. The van der Waals surface area contributed by atoms with Gasteiger partial charge in [0.1, 0.15) is 23.2 Å². The van der Waals surface area contributed by atoms with Crippen LogP contribution in [0.2, 0.25) is 0 Å². The van der Waals surface area contributed by atoms with E-state index < -0.39 is 50.1 Å². The predicted molar refractivity (Wildman–Crippen MR) is 107 cm³/mol. The lowest BCUT2D eigenvalue weighted by Crippen LogP contribution is -2.29. The largest absolute Gasteiger partial charge is 0.391 e. The van der Waals surface area contributed by atoms with E-state index in [4.69, 9.17) is 0 Å². The lowest BCUT2D eigenvalue weighted by Gasteiger charge is -2.12. The van der Waals surface area contributed by atoms with Gasteiger partial charge in [-0.2, -0.15) is 0 Å². The van der Waals surface area contributed by atoms with E-state index in [-0.39, 0.29) is 23.5 Å². The Hall–Kier alpha value is -3.44. The molecule has 0 unspecified atom stereocenters. The van der Waals surface area contributed by atoms with Crippen LogP contribution < -0.4 is 10.9 Å². The maximum absolute atomic E-state index is 13.6. The maximum atomic E-state index is 13.6. The average Bonchev–Trinajstić information content (AvgIpc) is 2.71. The smallest absolute Gasteiger partial charge is 0.270 e. The minimum Gasteiger partial charge on any atom is -0.391 e. The van der Waals surface area contributed by atoms with Gasteiger partial charge in [0.25, 0.3) is 11.5 Å². The number of aromatic amines is 1. The molecule has 1 amide bonds. The van der Waals surface area contributed by atoms with Gasteiger partial charge >= 0.3 is 0 Å². The van der Waals surface area contributed by atoms with Gasteiger partial charge in [-0.1, -0.05) is 12.1 Å². The van der Waals surface area contributed by atoms with Gasteiger partial charge in [-0.15, -0.1) is 0 Å². The lowest BCUT2D eigenvalue weighted by molar-refractivity contribution is 0.0942. The van der Waals surface area contributed by atoms with Crippen LogP contribution >= 0.6 is 0 Å². The number of H-pyrrole nitrogens is 1. The van der Waals surface area contributed by atoms with E-state index in [0.717, 1.165) is 24.5 Å². The SMILES string of the molecule is CS(=O)(=O)c1cc(F)ccc1-c1nc(C(=O)NCc2ccc(F)cc2)c(CO)c(=O)[nH]1. The molecule has 3 rings (SSSR count). The molecule has 0 fully saturated rings. The van der Waals surface area contributed by atoms with Crippen molar-refractivity contribution in [2.45, 2.75) is 18.0 Å². The van der Waals surface area contributed by atoms with Crippen molar-refractivity contribution in [1.29, 1.82) is 0 Å². The highest BCUT2D eigenvalue weighted by atomic mass is 32.2. The first kappa shape index (κ1) is 22.2. The zero-order valence-corrected chi connectivity index (χ0v) is 17.0. The Labute approximate surface area is 175 Å². The van der Waals surface area contributed by atoms with E-state index in [2.05, 4.69) is 15.3 Å². The second kappa shape index (κ2) is 8.74. The number of nitrogens with one attached hydrogen (secondary N) is 2. The van der Waals surface area contributed by atoms with E-state index in [1.54, 1.807) is 0 Å². The summed E-state index contributed by atoms with van der Waals surface area (Å²) >= 11 is 0. The highest BCUT2D eigenvalue weighted by Gasteiger charge is 2.22. The van der Waals surface area contributed by atoms with Gasteiger partial charge in [0.05, 0.1) is 17.1 Å². The highest BCUT2D eigenvalue weighted by Crippen LogP contribution is 2.25. The number of aliphatic hydroxyl groups excluding tert-OH is 1. The zero-order valence-electron chi connectivity index (χ0n) is 16.1. The molecule has 0 aliphatic rings. The second-order valence-electron chi connectivity index (χ2n) is 6.62. The van der Waals surface area contributed by atoms with Crippen LogP contribution in [0, 0.1) is 11.6 Å². The summed E-state index contributed by atoms with van der Waals surface area (Å²) in [7, 11) is -3.90. The molecule has 1 heterocycles. The fraction of sp³-hybridized carbons (Fsp3) is 0.150. The summed E-state index contributed by atoms with van der Waals surface area (Å²) in [5, 5.41) is 12.0. The first-order valence-electron chi connectivity index (χ1n) is 8.87. The van der Waals surface area contributed by atoms with Crippen LogP contribution in [0.25, 0.3) is 11.4 Å². The molecule has 31 heavy (non-hydrogen) atoms. The minimum absolute atomic E-state index is 0.0149. The highest BCUT2D eigenvalue weighted by molar-refractivity contribution is 7.90. The van der Waals surface area contributed by atoms with Gasteiger partial charge in [0.15, 0.2) is 9.84 Å². The maximum Gasteiger partial charge on any atom is 0.270 e. The van der Waals surface area contributed by atoms with Crippen LogP contribution in [0.15, 0.2) is 52.2 Å². The third kappa shape index (κ3) is 5.01. The van der Waals surface area contributed by atoms with E-state index in [0.29, 0.717) is 5.56 Å². The summed E-state index contributed by atoms with van der Waals surface area (Å²) in [6, 6.07) is 8.21. The third-order valence-corrected chi connectivity index (χ3v) is 5.49. The van der Waals surface area contributed by atoms with Crippen molar-refractivity contribution in [3.63, 3.8) is 0 Å². The molecule has 162 valence electrons. The van der Waals surface area contributed by atoms with E-state index in [1.165, 1.54) is 24.3 Å². The number of sulfone groups is 1. The molecule has 0 bridgehead atoms. The number of carbonyl (C=O) groups excluding carboxylic acids is 1. The number of nitrogens with zero attached hydrogens (tertiary/aromatic N) is 1. The van der Waals surface area contributed by atoms with Crippen molar-refractivity contribution in [1.82, 2.24) is 15.3 Å². The van der Waals surface area contributed by atoms with Crippen molar-refractivity contribution in [3.8, 4) is 11.4 Å². The summed E-state index contributed by atoms with van der Waals surface area (Å²) in [5.74, 6) is -2.35. The molecule has 8 nitrogen and oxygen atoms in total. The zero-order chi connectivity index (χ0) is 22.8. The summed E-state index contributed by atoms with van der Waals surface area (Å²) in [6.07, 6.45) is 0.863. The second-order valence-corrected chi connectivity index (χ2v) is 8.61. The Morgan fingerprint density at radius 3 is 2.39 bits per heavy atom. The Kier molecular flexibility index (Phi) is 6.27. The molecule has 0 atom stereocenters. The Morgan fingerprint density at radius 1 is 1.13 bits per heavy atom. The molecule has 0 saturated carbocycles. The summed E-state index contributed by atoms with van der Waals surface area (Å²) in [4.78, 5) is 31.0. The molecule has 11 heteroatoms. The third-order valence-electron chi connectivity index (χ3n) is 4.35. The number of amides is 1. The monoisotopic (exact) mass is 449 g/mol. The number of aromatic nitrogens is 2. The lowest BCUT2D eigenvalue weighted by atomic mass is 10.1. The van der Waals surface area contributed by atoms with Crippen LogP contribution in [0.4, 0.5) is 8.78 Å². The van der Waals surface area contributed by atoms with Crippen molar-refractivity contribution in [3.05, 3.63) is 81.3 Å². The number of benzene rings is 2. The molecule has 0 aliphatic heterocycles. The minimum atomic E-state index is -3.90. The average molecular weight is 449 g/mol. The van der Waals surface area contributed by atoms with Gasteiger partial charge in [-0.3, -0.25) is 9.59 Å². The van der Waals surface area contributed by atoms with Gasteiger partial charge in [0, 0.05) is 18.4 Å². The predicted octanol–water partition coefficient (Wildman–Crippen LogP) is 1.54. The molecule has 2 aromatic carbocycles. The van der Waals surface area contributed by atoms with Crippen LogP contribution in [-0.4, -0.2) is 35.7 Å². The molecule has 0 spiro atoms. The van der Waals surface area contributed by atoms with Crippen molar-refractivity contribution < 1.29 is 27.1 Å². The molecule has 0 radical (unpaired) electrons. The van der Waals surface area contributed by atoms with E-state index in [9.17, 15) is 31.9 Å². The fourth-order valence-electron chi connectivity index (χ4n) is 2.83. The van der Waals surface area contributed by atoms with E-state index >= 15 is 0 Å². The number of carbonyl (C=O) groups is 1. The van der Waals surface area contributed by atoms with E-state index in [1.807, 2.05) is 0 Å². The first-order valence-corrected chi connectivity index (χ1v) is 10.8. The topological polar surface area (TPSA) is 129 Å². The fourth-order valence-corrected chi connectivity index (χ4v) is 3.72. The molecule has 1 aromatic heterocycles. The van der Waals surface area contributed by atoms with Gasteiger partial charge < -0.3 is 15.4 Å². The Bertz CT molecular complexity index is 1310. The van der Waals surface area contributed by atoms with Crippen LogP contribution in [0.3, 0.4) is 0 Å². The standard InChI is InChI=1S/C20H17F2N3O5S/c1-31(29,30)16-8-13(22)6-7-14(16)18-24-17(15(10-26)19(27)25-18)20(28)23-9-11-2-4-12(21)5-3-11/h2-8,26H,9-10H2,1H3,(H,23,28)(H,24,25,27). The molecule has 3 N–H and O–H groups in total. The first-order chi connectivity index (χ1) is 14.6. The number of halogens is 2. The van der Waals surface area contributed by atoms with Crippen molar-refractivity contribution in [2.24, 2.45) is 0 Å². The quantitative estimate of drug-likeness (QED) is 0.524. The Morgan fingerprint density at radius 2 is 1.77 bits per heavy atom. The van der Waals surface area contributed by atoms with Crippen LogP contribution in [0.1, 0.15) is 21.6 Å². The van der Waals surface area contributed by atoms with Crippen molar-refractivity contribution in [2.75, 3.05) is 6.26 Å². The number of hydrogen-bond acceptors (Lipinski definition) is 6. The number of aliphatic hydroxyl groups is 1. The molecule has 0 saturated heterocycles. The normalized spacial score (nSPS) is 11.4. The number of rotatable bonds is 6. The molecular weight excluding hydrogens is 432 g/mol. The summed E-state index contributed by atoms with van der Waals surface area (Å²) < 4.78 is 50.7.